The number of aromatic nitrogens is 1. The minimum absolute atomic E-state index is 0.0535. The maximum absolute atomic E-state index is 13.1. The van der Waals surface area contributed by atoms with Gasteiger partial charge in [0.25, 0.3) is 5.91 Å². The number of para-hydroxylation sites is 1. The van der Waals surface area contributed by atoms with E-state index in [0.717, 1.165) is 47.8 Å². The smallest absolute Gasteiger partial charge is 0.339 e. The Labute approximate surface area is 178 Å². The van der Waals surface area contributed by atoms with Gasteiger partial charge in [-0.2, -0.15) is 0 Å². The Morgan fingerprint density at radius 2 is 1.94 bits per heavy atom. The highest BCUT2D eigenvalue weighted by Crippen LogP contribution is 2.31. The molecular weight excluding hydrogens is 396 g/mol. The molecule has 0 saturated carbocycles. The van der Waals surface area contributed by atoms with Crippen LogP contribution in [0.15, 0.2) is 42.5 Å². The summed E-state index contributed by atoms with van der Waals surface area (Å²) >= 11 is 0. The van der Waals surface area contributed by atoms with Gasteiger partial charge in [0.15, 0.2) is 19.0 Å². The number of amides is 1. The molecule has 5 rings (SSSR count). The number of Topliss-reactive ketones (excluding diaryl/α,β-unsaturated/α-hetero) is 1. The fourth-order valence-electron chi connectivity index (χ4n) is 4.15. The topological polar surface area (TPSA) is 94.6 Å². The molecule has 156 valence electrons. The van der Waals surface area contributed by atoms with Crippen molar-refractivity contribution in [3.8, 4) is 5.75 Å². The van der Waals surface area contributed by atoms with Gasteiger partial charge in [-0.05, 0) is 55.5 Å². The van der Waals surface area contributed by atoms with E-state index >= 15 is 0 Å². The van der Waals surface area contributed by atoms with Gasteiger partial charge in [0.05, 0.1) is 16.8 Å². The monoisotopic (exact) mass is 416 g/mol. The van der Waals surface area contributed by atoms with Gasteiger partial charge in [-0.15, -0.1) is 0 Å². The van der Waals surface area contributed by atoms with E-state index in [4.69, 9.17) is 14.5 Å². The Hall–Kier alpha value is -3.74. The van der Waals surface area contributed by atoms with Crippen LogP contribution in [0.5, 0.6) is 5.75 Å². The summed E-state index contributed by atoms with van der Waals surface area (Å²) in [6, 6.07) is 12.3. The van der Waals surface area contributed by atoms with E-state index in [1.165, 1.54) is 6.07 Å². The molecule has 0 atom stereocenters. The van der Waals surface area contributed by atoms with Crippen molar-refractivity contribution in [1.82, 2.24) is 4.98 Å². The van der Waals surface area contributed by atoms with Crippen LogP contribution in [0.1, 0.15) is 44.8 Å². The van der Waals surface area contributed by atoms with Gasteiger partial charge in [0.2, 0.25) is 0 Å². The molecule has 0 saturated heterocycles. The van der Waals surface area contributed by atoms with Crippen molar-refractivity contribution in [3.63, 3.8) is 0 Å². The molecule has 2 heterocycles. The van der Waals surface area contributed by atoms with Gasteiger partial charge in [-0.3, -0.25) is 14.6 Å². The second-order valence-corrected chi connectivity index (χ2v) is 7.68. The van der Waals surface area contributed by atoms with Crippen molar-refractivity contribution in [2.45, 2.75) is 25.7 Å². The minimum atomic E-state index is -0.514. The number of ketones is 1. The van der Waals surface area contributed by atoms with E-state index in [9.17, 15) is 14.4 Å². The zero-order chi connectivity index (χ0) is 21.4. The van der Waals surface area contributed by atoms with Crippen molar-refractivity contribution in [1.29, 1.82) is 0 Å². The lowest BCUT2D eigenvalue weighted by Gasteiger charge is -2.20. The highest BCUT2D eigenvalue weighted by atomic mass is 16.5. The number of carbonyl (C=O) groups is 3. The first-order chi connectivity index (χ1) is 15.1. The van der Waals surface area contributed by atoms with E-state index in [0.29, 0.717) is 22.6 Å². The molecule has 0 fully saturated rings. The van der Waals surface area contributed by atoms with Gasteiger partial charge in [-0.25, -0.2) is 4.79 Å². The third-order valence-corrected chi connectivity index (χ3v) is 5.64. The normalized spacial score (nSPS) is 14.8. The first kappa shape index (κ1) is 19.2. The highest BCUT2D eigenvalue weighted by Gasteiger charge is 2.24. The summed E-state index contributed by atoms with van der Waals surface area (Å²) in [6.45, 7) is -0.444. The van der Waals surface area contributed by atoms with Crippen LogP contribution in [0.3, 0.4) is 0 Å². The zero-order valence-corrected chi connectivity index (χ0v) is 16.8. The number of benzene rings is 2. The van der Waals surface area contributed by atoms with Gasteiger partial charge >= 0.3 is 5.97 Å². The Morgan fingerprint density at radius 1 is 1.10 bits per heavy atom. The number of aryl methyl sites for hydroxylation is 1. The lowest BCUT2D eigenvalue weighted by Crippen LogP contribution is -2.25. The molecule has 0 bridgehead atoms. The van der Waals surface area contributed by atoms with Crippen molar-refractivity contribution in [2.75, 3.05) is 18.5 Å². The first-order valence-corrected chi connectivity index (χ1v) is 10.3. The molecule has 1 amide bonds. The summed E-state index contributed by atoms with van der Waals surface area (Å²) in [5.74, 6) is -0.649. The van der Waals surface area contributed by atoms with Crippen LogP contribution in [0, 0.1) is 0 Å². The SMILES string of the molecule is O=C1COc2ccc(C(=O)COC(=O)c3c4c(nc5ccccc35)CCCC4)cc2N1. The molecule has 7 nitrogen and oxygen atoms in total. The van der Waals surface area contributed by atoms with Crippen molar-refractivity contribution in [3.05, 3.63) is 64.8 Å². The third kappa shape index (κ3) is 3.63. The number of anilines is 1. The molecule has 2 aromatic carbocycles. The van der Waals surface area contributed by atoms with Crippen molar-refractivity contribution >= 4 is 34.3 Å². The number of hydrogen-bond donors (Lipinski definition) is 1. The van der Waals surface area contributed by atoms with E-state index in [-0.39, 0.29) is 18.3 Å². The van der Waals surface area contributed by atoms with Crippen LogP contribution in [0.25, 0.3) is 10.9 Å². The third-order valence-electron chi connectivity index (χ3n) is 5.64. The molecule has 1 aromatic heterocycles. The Balaban J connectivity index is 1.39. The Bertz CT molecular complexity index is 1230. The van der Waals surface area contributed by atoms with Crippen molar-refractivity contribution < 1.29 is 23.9 Å². The molecule has 1 N–H and O–H groups in total. The number of carbonyl (C=O) groups excluding carboxylic acids is 3. The van der Waals surface area contributed by atoms with Crippen LogP contribution in [-0.4, -0.2) is 35.9 Å². The Kier molecular flexibility index (Phi) is 4.86. The molecule has 31 heavy (non-hydrogen) atoms. The molecule has 1 aliphatic carbocycles. The second-order valence-electron chi connectivity index (χ2n) is 7.68. The summed E-state index contributed by atoms with van der Waals surface area (Å²) in [5.41, 5.74) is 3.90. The maximum atomic E-state index is 13.1. The van der Waals surface area contributed by atoms with Crippen LogP contribution in [0.2, 0.25) is 0 Å². The minimum Gasteiger partial charge on any atom is -0.482 e. The summed E-state index contributed by atoms with van der Waals surface area (Å²) in [7, 11) is 0. The molecule has 0 spiro atoms. The Morgan fingerprint density at radius 3 is 2.84 bits per heavy atom. The van der Waals surface area contributed by atoms with Gasteiger partial charge in [0, 0.05) is 16.6 Å². The lowest BCUT2D eigenvalue weighted by molar-refractivity contribution is -0.118. The average molecular weight is 416 g/mol. The fourth-order valence-corrected chi connectivity index (χ4v) is 4.15. The number of esters is 1. The molecule has 0 radical (unpaired) electrons. The zero-order valence-electron chi connectivity index (χ0n) is 16.8. The molecule has 7 heteroatoms. The standard InChI is InChI=1S/C24H20N2O5/c27-20(14-9-10-21-19(11-14)26-22(28)13-30-21)12-31-24(29)23-15-5-1-3-7-17(15)25-18-8-4-2-6-16(18)23/h1,3,5,7,9-11H,2,4,6,8,12-13H2,(H,26,28). The van der Waals surface area contributed by atoms with Crippen LogP contribution in [0.4, 0.5) is 5.69 Å². The number of rotatable bonds is 4. The summed E-state index contributed by atoms with van der Waals surface area (Å²) in [6.07, 6.45) is 3.65. The average Bonchev–Trinajstić information content (AvgIpc) is 2.80. The molecule has 3 aromatic rings. The van der Waals surface area contributed by atoms with Crippen LogP contribution < -0.4 is 10.1 Å². The molecular formula is C24H20N2O5. The van der Waals surface area contributed by atoms with E-state index in [1.807, 2.05) is 24.3 Å². The van der Waals surface area contributed by atoms with E-state index < -0.39 is 12.6 Å². The largest absolute Gasteiger partial charge is 0.482 e. The second kappa shape index (κ2) is 7.83. The maximum Gasteiger partial charge on any atom is 0.339 e. The fraction of sp³-hybridized carbons (Fsp3) is 0.250. The molecule has 1 aliphatic heterocycles. The van der Waals surface area contributed by atoms with Crippen LogP contribution >= 0.6 is 0 Å². The summed E-state index contributed by atoms with van der Waals surface area (Å²) in [5, 5.41) is 3.41. The molecule has 2 aliphatic rings. The number of ether oxygens (including phenoxy) is 2. The van der Waals surface area contributed by atoms with Gasteiger partial charge in [0.1, 0.15) is 5.75 Å². The van der Waals surface area contributed by atoms with E-state index in [1.54, 1.807) is 12.1 Å². The number of hydrogen-bond acceptors (Lipinski definition) is 6. The summed E-state index contributed by atoms with van der Waals surface area (Å²) in [4.78, 5) is 42.0. The summed E-state index contributed by atoms with van der Waals surface area (Å²) < 4.78 is 10.8. The lowest BCUT2D eigenvalue weighted by atomic mass is 9.90. The highest BCUT2D eigenvalue weighted by molar-refractivity contribution is 6.07. The van der Waals surface area contributed by atoms with Crippen molar-refractivity contribution in [2.24, 2.45) is 0 Å². The van der Waals surface area contributed by atoms with Gasteiger partial charge < -0.3 is 14.8 Å². The van der Waals surface area contributed by atoms with E-state index in [2.05, 4.69) is 5.32 Å². The van der Waals surface area contributed by atoms with Gasteiger partial charge in [-0.1, -0.05) is 18.2 Å². The predicted molar refractivity (Wildman–Crippen MR) is 114 cm³/mol. The quantitative estimate of drug-likeness (QED) is 0.517. The molecule has 0 unspecified atom stereocenters. The number of nitrogens with zero attached hydrogens (tertiary/aromatic N) is 1. The first-order valence-electron chi connectivity index (χ1n) is 10.3. The predicted octanol–water partition coefficient (Wildman–Crippen LogP) is 3.48. The van der Waals surface area contributed by atoms with Crippen LogP contribution in [-0.2, 0) is 22.4 Å². The number of fused-ring (bicyclic) bond motifs is 3. The number of nitrogens with one attached hydrogen (secondary N) is 1. The number of pyridine rings is 1.